The molecule has 0 amide bonds. The monoisotopic (exact) mass is 536 g/mol. The van der Waals surface area contributed by atoms with Crippen LogP contribution in [-0.4, -0.2) is 75.5 Å². The van der Waals surface area contributed by atoms with E-state index >= 15 is 0 Å². The van der Waals surface area contributed by atoms with Crippen LogP contribution in [0.25, 0.3) is 22.4 Å². The Morgan fingerprint density at radius 2 is 2.03 bits per heavy atom. The molecular weight excluding hydrogens is 508 g/mol. The first kappa shape index (κ1) is 25.7. The summed E-state index contributed by atoms with van der Waals surface area (Å²) in [6.07, 6.45) is 4.98. The molecule has 1 aliphatic heterocycles. The number of fused-ring (bicyclic) bond motifs is 1. The zero-order valence-corrected chi connectivity index (χ0v) is 22.8. The first-order valence-electron chi connectivity index (χ1n) is 11.3. The van der Waals surface area contributed by atoms with Crippen molar-refractivity contribution in [1.82, 2.24) is 33.6 Å². The first-order chi connectivity index (χ1) is 16.5. The maximum absolute atomic E-state index is 12.2. The molecule has 3 aromatic heterocycles. The largest absolute Gasteiger partial charge is 0.361 e. The van der Waals surface area contributed by atoms with Crippen LogP contribution in [0.1, 0.15) is 13.3 Å². The summed E-state index contributed by atoms with van der Waals surface area (Å²) >= 11 is 6.41. The van der Waals surface area contributed by atoms with Crippen molar-refractivity contribution in [1.29, 1.82) is 5.26 Å². The second-order valence-electron chi connectivity index (χ2n) is 9.95. The standard InChI is InChI=1S/C21H29ClN8O3SSi/c1-5-34(31,32)28-12-21(13-28,6-7-23)30-11-16(10-26-30)17-18-19(25-14-24-17)29(20(22)27-18)15-33-8-9-35(2,3)4/h10-11,14H,5-6,8-9,12-13,15H2,1-4H3. The van der Waals surface area contributed by atoms with Gasteiger partial charge in [0.25, 0.3) is 0 Å². The highest BCUT2D eigenvalue weighted by atomic mass is 35.5. The molecule has 0 aromatic carbocycles. The second kappa shape index (κ2) is 9.59. The number of hydrogen-bond acceptors (Lipinski definition) is 8. The molecule has 1 saturated heterocycles. The summed E-state index contributed by atoms with van der Waals surface area (Å²) in [7, 11) is -4.54. The Morgan fingerprint density at radius 3 is 2.69 bits per heavy atom. The highest BCUT2D eigenvalue weighted by Crippen LogP contribution is 2.36. The van der Waals surface area contributed by atoms with Crippen LogP contribution >= 0.6 is 11.6 Å². The normalized spacial score (nSPS) is 16.3. The van der Waals surface area contributed by atoms with Gasteiger partial charge in [-0.15, -0.1) is 0 Å². The Bertz CT molecular complexity index is 1370. The Kier molecular flexibility index (Phi) is 7.04. The van der Waals surface area contributed by atoms with Gasteiger partial charge in [-0.3, -0.25) is 9.25 Å². The van der Waals surface area contributed by atoms with Crippen molar-refractivity contribution in [3.63, 3.8) is 0 Å². The smallest absolute Gasteiger partial charge is 0.213 e. The molecule has 4 heterocycles. The zero-order valence-electron chi connectivity index (χ0n) is 20.3. The van der Waals surface area contributed by atoms with Crippen molar-refractivity contribution in [3.05, 3.63) is 24.0 Å². The lowest BCUT2D eigenvalue weighted by Crippen LogP contribution is -2.64. The molecule has 188 valence electrons. The maximum atomic E-state index is 12.2. The molecule has 0 saturated carbocycles. The van der Waals surface area contributed by atoms with E-state index in [2.05, 4.69) is 45.8 Å². The van der Waals surface area contributed by atoms with Crippen LogP contribution < -0.4 is 0 Å². The second-order valence-corrected chi connectivity index (χ2v) is 18.2. The lowest BCUT2D eigenvalue weighted by molar-refractivity contribution is 0.0719. The summed E-state index contributed by atoms with van der Waals surface area (Å²) in [6.45, 7) is 9.76. The molecule has 0 bridgehead atoms. The minimum atomic E-state index is -3.33. The molecule has 0 unspecified atom stereocenters. The summed E-state index contributed by atoms with van der Waals surface area (Å²) < 4.78 is 35.0. The topological polar surface area (TPSA) is 132 Å². The van der Waals surface area contributed by atoms with E-state index in [0.717, 1.165) is 6.04 Å². The minimum Gasteiger partial charge on any atom is -0.361 e. The Labute approximate surface area is 210 Å². The summed E-state index contributed by atoms with van der Waals surface area (Å²) in [5, 5.41) is 14.1. The molecule has 0 spiro atoms. The molecule has 1 aliphatic rings. The molecule has 35 heavy (non-hydrogen) atoms. The van der Waals surface area contributed by atoms with Crippen LogP contribution in [-0.2, 0) is 27.0 Å². The summed E-state index contributed by atoms with van der Waals surface area (Å²) in [5.41, 5.74) is 1.57. The molecule has 0 aliphatic carbocycles. The zero-order chi connectivity index (χ0) is 25.4. The molecule has 0 N–H and O–H groups in total. The van der Waals surface area contributed by atoms with Crippen LogP contribution in [0.2, 0.25) is 31.0 Å². The number of ether oxygens (including phenoxy) is 1. The molecule has 0 radical (unpaired) electrons. The third-order valence-corrected chi connectivity index (χ3v) is 9.92. The SMILES string of the molecule is CCS(=O)(=O)N1CC(CC#N)(n2cc(-c3ncnc4c3nc(Cl)n4COCC[Si](C)(C)C)cn2)C1. The van der Waals surface area contributed by atoms with E-state index in [1.165, 1.54) is 10.6 Å². The molecule has 11 nitrogen and oxygen atoms in total. The van der Waals surface area contributed by atoms with E-state index in [4.69, 9.17) is 16.3 Å². The lowest BCUT2D eigenvalue weighted by atomic mass is 9.89. The highest BCUT2D eigenvalue weighted by molar-refractivity contribution is 7.89. The quantitative estimate of drug-likeness (QED) is 0.219. The number of hydrogen-bond donors (Lipinski definition) is 0. The van der Waals surface area contributed by atoms with E-state index in [0.29, 0.717) is 29.0 Å². The summed E-state index contributed by atoms with van der Waals surface area (Å²) in [6, 6.07) is 3.21. The van der Waals surface area contributed by atoms with Gasteiger partial charge in [0.2, 0.25) is 15.3 Å². The molecular formula is C21H29ClN8O3SSi. The molecule has 4 rings (SSSR count). The van der Waals surface area contributed by atoms with Gasteiger partial charge in [0.1, 0.15) is 29.8 Å². The van der Waals surface area contributed by atoms with Crippen LogP contribution in [0.15, 0.2) is 18.7 Å². The third-order valence-electron chi connectivity index (χ3n) is 6.15. The Morgan fingerprint density at radius 1 is 1.29 bits per heavy atom. The Hall–Kier alpha value is -2.37. The minimum absolute atomic E-state index is 0.0180. The van der Waals surface area contributed by atoms with Gasteiger partial charge in [0.15, 0.2) is 5.65 Å². The van der Waals surface area contributed by atoms with Gasteiger partial charge in [0.05, 0.1) is 24.4 Å². The van der Waals surface area contributed by atoms with Gasteiger partial charge in [-0.05, 0) is 24.6 Å². The van der Waals surface area contributed by atoms with Gasteiger partial charge in [0, 0.05) is 39.5 Å². The highest BCUT2D eigenvalue weighted by Gasteiger charge is 2.49. The number of nitrogens with zero attached hydrogens (tertiary/aromatic N) is 8. The average molecular weight is 537 g/mol. The molecule has 14 heteroatoms. The number of nitriles is 1. The van der Waals surface area contributed by atoms with E-state index in [1.54, 1.807) is 28.6 Å². The van der Waals surface area contributed by atoms with Crippen molar-refractivity contribution < 1.29 is 13.2 Å². The fourth-order valence-corrected chi connectivity index (χ4v) is 6.16. The fraction of sp³-hybridized carbons (Fsp3) is 0.571. The van der Waals surface area contributed by atoms with Crippen molar-refractivity contribution >= 4 is 40.9 Å². The van der Waals surface area contributed by atoms with Crippen LogP contribution in [0.3, 0.4) is 0 Å². The Balaban J connectivity index is 1.59. The van der Waals surface area contributed by atoms with Crippen LogP contribution in [0.5, 0.6) is 0 Å². The number of imidazole rings is 1. The lowest BCUT2D eigenvalue weighted by Gasteiger charge is -2.47. The van der Waals surface area contributed by atoms with Gasteiger partial charge >= 0.3 is 0 Å². The summed E-state index contributed by atoms with van der Waals surface area (Å²) in [4.78, 5) is 13.2. The van der Waals surface area contributed by atoms with Gasteiger partial charge in [-0.1, -0.05) is 19.6 Å². The van der Waals surface area contributed by atoms with E-state index < -0.39 is 23.6 Å². The fourth-order valence-electron chi connectivity index (χ4n) is 3.95. The molecule has 1 fully saturated rings. The van der Waals surface area contributed by atoms with E-state index in [1.807, 2.05) is 0 Å². The predicted molar refractivity (Wildman–Crippen MR) is 135 cm³/mol. The number of sulfonamides is 1. The maximum Gasteiger partial charge on any atom is 0.213 e. The van der Waals surface area contributed by atoms with Crippen molar-refractivity contribution in [3.8, 4) is 17.3 Å². The van der Waals surface area contributed by atoms with Crippen molar-refractivity contribution in [2.24, 2.45) is 0 Å². The molecule has 3 aromatic rings. The summed E-state index contributed by atoms with van der Waals surface area (Å²) in [5.74, 6) is 0.0180. The van der Waals surface area contributed by atoms with Gasteiger partial charge in [-0.25, -0.2) is 23.4 Å². The number of aromatic nitrogens is 6. The van der Waals surface area contributed by atoms with Crippen LogP contribution in [0.4, 0.5) is 0 Å². The average Bonchev–Trinajstić information content (AvgIpc) is 3.37. The first-order valence-corrected chi connectivity index (χ1v) is 17.0. The number of rotatable bonds is 10. The van der Waals surface area contributed by atoms with Crippen molar-refractivity contribution in [2.75, 3.05) is 25.4 Å². The number of halogens is 1. The van der Waals surface area contributed by atoms with Crippen LogP contribution in [0, 0.1) is 11.3 Å². The van der Waals surface area contributed by atoms with Crippen molar-refractivity contribution in [2.45, 2.75) is 51.3 Å². The van der Waals surface area contributed by atoms with E-state index in [9.17, 15) is 13.7 Å². The molecule has 0 atom stereocenters. The van der Waals surface area contributed by atoms with E-state index in [-0.39, 0.29) is 37.3 Å². The van der Waals surface area contributed by atoms with Gasteiger partial charge in [-0.2, -0.15) is 14.7 Å². The third kappa shape index (κ3) is 5.12. The predicted octanol–water partition coefficient (Wildman–Crippen LogP) is 2.93. The van der Waals surface area contributed by atoms with Gasteiger partial charge < -0.3 is 4.74 Å².